The summed E-state index contributed by atoms with van der Waals surface area (Å²) in [6.07, 6.45) is 0. The Morgan fingerprint density at radius 2 is 1.77 bits per heavy atom. The number of rotatable bonds is 6. The van der Waals surface area contributed by atoms with Crippen molar-refractivity contribution in [2.75, 3.05) is 0 Å². The lowest BCUT2D eigenvalue weighted by atomic mass is 10.0. The highest BCUT2D eigenvalue weighted by molar-refractivity contribution is 5.74. The van der Waals surface area contributed by atoms with Crippen molar-refractivity contribution < 1.29 is 9.53 Å². The summed E-state index contributed by atoms with van der Waals surface area (Å²) in [6.45, 7) is 11.2. The zero-order chi connectivity index (χ0) is 19.2. The number of aryl methyl sites for hydroxylation is 1. The monoisotopic (exact) mass is 354 g/mol. The molecule has 140 valence electrons. The first kappa shape index (κ1) is 20.0. The van der Waals surface area contributed by atoms with Crippen molar-refractivity contribution in [3.63, 3.8) is 0 Å². The summed E-state index contributed by atoms with van der Waals surface area (Å²) in [7, 11) is 0. The first-order valence-electron chi connectivity index (χ1n) is 9.06. The lowest BCUT2D eigenvalue weighted by Crippen LogP contribution is -2.36. The molecule has 0 spiro atoms. The van der Waals surface area contributed by atoms with Crippen LogP contribution < -0.4 is 10.6 Å². The standard InChI is InChI=1S/C22H30N2O2/c1-16-9-6-7-12-20(16)17(2)24-21(25)23-14-18-10-8-11-19(13-18)15-26-22(3,4)5/h6-13,17H,14-15H2,1-5H3,(H2,23,24,25). The van der Waals surface area contributed by atoms with Crippen molar-refractivity contribution >= 4 is 6.03 Å². The summed E-state index contributed by atoms with van der Waals surface area (Å²) in [6, 6.07) is 16.0. The number of urea groups is 1. The Kier molecular flexibility index (Phi) is 6.81. The smallest absolute Gasteiger partial charge is 0.315 e. The van der Waals surface area contributed by atoms with Gasteiger partial charge in [-0.05, 0) is 56.9 Å². The molecule has 0 aliphatic rings. The number of nitrogens with one attached hydrogen (secondary N) is 2. The molecule has 4 heteroatoms. The van der Waals surface area contributed by atoms with E-state index in [-0.39, 0.29) is 17.7 Å². The highest BCUT2D eigenvalue weighted by atomic mass is 16.5. The fourth-order valence-corrected chi connectivity index (χ4v) is 2.71. The molecule has 0 bridgehead atoms. The second-order valence-electron chi connectivity index (χ2n) is 7.63. The minimum Gasteiger partial charge on any atom is -0.371 e. The lowest BCUT2D eigenvalue weighted by Gasteiger charge is -2.20. The third kappa shape index (κ3) is 6.52. The number of hydrogen-bond donors (Lipinski definition) is 2. The topological polar surface area (TPSA) is 50.4 Å². The minimum atomic E-state index is -0.169. The summed E-state index contributed by atoms with van der Waals surface area (Å²) in [5.74, 6) is 0. The summed E-state index contributed by atoms with van der Waals surface area (Å²) in [5.41, 5.74) is 4.29. The second-order valence-corrected chi connectivity index (χ2v) is 7.63. The van der Waals surface area contributed by atoms with E-state index in [0.29, 0.717) is 13.2 Å². The van der Waals surface area contributed by atoms with Gasteiger partial charge in [-0.2, -0.15) is 0 Å². The van der Waals surface area contributed by atoms with Gasteiger partial charge in [0.15, 0.2) is 0 Å². The number of benzene rings is 2. The Bertz CT molecular complexity index is 735. The van der Waals surface area contributed by atoms with Gasteiger partial charge in [0.2, 0.25) is 0 Å². The highest BCUT2D eigenvalue weighted by Gasteiger charge is 2.12. The van der Waals surface area contributed by atoms with Crippen LogP contribution in [0.5, 0.6) is 0 Å². The zero-order valence-corrected chi connectivity index (χ0v) is 16.4. The molecule has 2 aromatic carbocycles. The van der Waals surface area contributed by atoms with Crippen LogP contribution in [0.15, 0.2) is 48.5 Å². The summed E-state index contributed by atoms with van der Waals surface area (Å²) in [4.78, 5) is 12.2. The van der Waals surface area contributed by atoms with Crippen molar-refractivity contribution in [2.24, 2.45) is 0 Å². The molecule has 0 saturated heterocycles. The maximum absolute atomic E-state index is 12.2. The molecule has 1 atom stereocenters. The van der Waals surface area contributed by atoms with Gasteiger partial charge in [-0.25, -0.2) is 4.79 Å². The zero-order valence-electron chi connectivity index (χ0n) is 16.4. The van der Waals surface area contributed by atoms with Crippen LogP contribution in [0.4, 0.5) is 4.79 Å². The average molecular weight is 354 g/mol. The highest BCUT2D eigenvalue weighted by Crippen LogP contribution is 2.16. The third-order valence-corrected chi connectivity index (χ3v) is 4.12. The molecule has 0 aliphatic carbocycles. The first-order chi connectivity index (χ1) is 12.2. The molecule has 0 heterocycles. The third-order valence-electron chi connectivity index (χ3n) is 4.12. The van der Waals surface area contributed by atoms with Gasteiger partial charge in [0, 0.05) is 6.54 Å². The van der Waals surface area contributed by atoms with Crippen molar-refractivity contribution in [3.8, 4) is 0 Å². The van der Waals surface area contributed by atoms with Gasteiger partial charge in [-0.15, -0.1) is 0 Å². The van der Waals surface area contributed by atoms with Gasteiger partial charge in [-0.1, -0.05) is 48.5 Å². The van der Waals surface area contributed by atoms with E-state index in [1.807, 2.05) is 64.1 Å². The Morgan fingerprint density at radius 1 is 1.08 bits per heavy atom. The number of ether oxygens (including phenoxy) is 1. The Labute approximate surface area is 157 Å². The van der Waals surface area contributed by atoms with Crippen molar-refractivity contribution in [1.29, 1.82) is 0 Å². The van der Waals surface area contributed by atoms with Gasteiger partial charge < -0.3 is 15.4 Å². The molecule has 1 unspecified atom stereocenters. The van der Waals surface area contributed by atoms with E-state index in [2.05, 4.69) is 29.7 Å². The largest absolute Gasteiger partial charge is 0.371 e. The molecule has 2 aromatic rings. The molecule has 4 nitrogen and oxygen atoms in total. The van der Waals surface area contributed by atoms with Crippen molar-refractivity contribution in [3.05, 3.63) is 70.8 Å². The van der Waals surface area contributed by atoms with Crippen LogP contribution in [-0.2, 0) is 17.9 Å². The maximum Gasteiger partial charge on any atom is 0.315 e. The van der Waals surface area contributed by atoms with Gasteiger partial charge in [0.1, 0.15) is 0 Å². The van der Waals surface area contributed by atoms with Gasteiger partial charge >= 0.3 is 6.03 Å². The minimum absolute atomic E-state index is 0.0391. The van der Waals surface area contributed by atoms with Crippen LogP contribution in [0.25, 0.3) is 0 Å². The van der Waals surface area contributed by atoms with Crippen LogP contribution in [0.2, 0.25) is 0 Å². The van der Waals surface area contributed by atoms with Gasteiger partial charge in [-0.3, -0.25) is 0 Å². The normalized spacial score (nSPS) is 12.5. The molecule has 0 saturated carbocycles. The van der Waals surface area contributed by atoms with Crippen LogP contribution in [0, 0.1) is 6.92 Å². The molecular formula is C22H30N2O2. The van der Waals surface area contributed by atoms with Crippen LogP contribution >= 0.6 is 0 Å². The first-order valence-corrected chi connectivity index (χ1v) is 9.06. The number of carbonyl (C=O) groups is 1. The predicted molar refractivity (Wildman–Crippen MR) is 106 cm³/mol. The number of amides is 2. The van der Waals surface area contributed by atoms with E-state index in [1.165, 1.54) is 5.56 Å². The molecule has 2 amide bonds. The van der Waals surface area contributed by atoms with E-state index in [4.69, 9.17) is 4.74 Å². The van der Waals surface area contributed by atoms with Crippen molar-refractivity contribution in [2.45, 2.75) is 59.4 Å². The van der Waals surface area contributed by atoms with Gasteiger partial charge in [0.05, 0.1) is 18.2 Å². The predicted octanol–water partition coefficient (Wildman–Crippen LogP) is 4.87. The van der Waals surface area contributed by atoms with Crippen LogP contribution in [0.3, 0.4) is 0 Å². The second kappa shape index (κ2) is 8.86. The fraction of sp³-hybridized carbons (Fsp3) is 0.409. The Balaban J connectivity index is 1.86. The Hall–Kier alpha value is -2.33. The average Bonchev–Trinajstić information content (AvgIpc) is 2.58. The van der Waals surface area contributed by atoms with E-state index in [9.17, 15) is 4.79 Å². The molecule has 0 aromatic heterocycles. The fourth-order valence-electron chi connectivity index (χ4n) is 2.71. The molecule has 2 rings (SSSR count). The summed E-state index contributed by atoms with van der Waals surface area (Å²) >= 11 is 0. The lowest BCUT2D eigenvalue weighted by molar-refractivity contribution is -0.0149. The number of hydrogen-bond acceptors (Lipinski definition) is 2. The molecule has 0 radical (unpaired) electrons. The van der Waals surface area contributed by atoms with E-state index in [1.54, 1.807) is 0 Å². The van der Waals surface area contributed by atoms with Gasteiger partial charge in [0.25, 0.3) is 0 Å². The molecule has 2 N–H and O–H groups in total. The maximum atomic E-state index is 12.2. The van der Waals surface area contributed by atoms with E-state index >= 15 is 0 Å². The van der Waals surface area contributed by atoms with Crippen LogP contribution in [0.1, 0.15) is 56.0 Å². The molecule has 0 fully saturated rings. The molecular weight excluding hydrogens is 324 g/mol. The quantitative estimate of drug-likeness (QED) is 0.777. The van der Waals surface area contributed by atoms with E-state index in [0.717, 1.165) is 16.7 Å². The van der Waals surface area contributed by atoms with Crippen LogP contribution in [-0.4, -0.2) is 11.6 Å². The van der Waals surface area contributed by atoms with E-state index < -0.39 is 0 Å². The van der Waals surface area contributed by atoms with Crippen molar-refractivity contribution in [1.82, 2.24) is 10.6 Å². The Morgan fingerprint density at radius 3 is 2.46 bits per heavy atom. The summed E-state index contributed by atoms with van der Waals surface area (Å²) in [5, 5.41) is 5.92. The number of carbonyl (C=O) groups excluding carboxylic acids is 1. The summed E-state index contributed by atoms with van der Waals surface area (Å²) < 4.78 is 5.81. The molecule has 0 aliphatic heterocycles. The molecule has 26 heavy (non-hydrogen) atoms. The SMILES string of the molecule is Cc1ccccc1C(C)NC(=O)NCc1cccc(COC(C)(C)C)c1.